The zero-order valence-corrected chi connectivity index (χ0v) is 20.1. The van der Waals surface area contributed by atoms with Crippen molar-refractivity contribution in [3.63, 3.8) is 0 Å². The maximum Gasteiger partial charge on any atom is 0.323 e. The molecular formula is C29H39NO2. The largest absolute Gasteiger partial charge is 0.461 e. The number of hydrogen-bond donors (Lipinski definition) is 1. The average Bonchev–Trinajstić information content (AvgIpc) is 2.77. The van der Waals surface area contributed by atoms with Crippen LogP contribution in [0.25, 0.3) is 0 Å². The zero-order chi connectivity index (χ0) is 23.1. The van der Waals surface area contributed by atoms with Gasteiger partial charge in [-0.15, -0.1) is 6.58 Å². The van der Waals surface area contributed by atoms with Crippen LogP contribution in [0.1, 0.15) is 64.5 Å². The first-order valence-electron chi connectivity index (χ1n) is 11.9. The van der Waals surface area contributed by atoms with Crippen molar-refractivity contribution < 1.29 is 9.53 Å². The molecule has 3 rings (SSSR count). The van der Waals surface area contributed by atoms with Crippen molar-refractivity contribution in [3.05, 3.63) is 83.9 Å². The van der Waals surface area contributed by atoms with Crippen LogP contribution in [0, 0.1) is 11.8 Å². The van der Waals surface area contributed by atoms with Crippen LogP contribution < -0.4 is 5.32 Å². The molecule has 0 aliphatic heterocycles. The van der Waals surface area contributed by atoms with Crippen LogP contribution in [0.4, 0.5) is 0 Å². The highest BCUT2D eigenvalue weighted by molar-refractivity contribution is 5.76. The Kier molecular flexibility index (Phi) is 8.31. The number of ether oxygens (including phenoxy) is 1. The molecule has 2 aromatic rings. The lowest BCUT2D eigenvalue weighted by Gasteiger charge is -2.44. The van der Waals surface area contributed by atoms with Gasteiger partial charge < -0.3 is 10.1 Å². The van der Waals surface area contributed by atoms with Gasteiger partial charge >= 0.3 is 5.97 Å². The minimum atomic E-state index is -0.384. The van der Waals surface area contributed by atoms with Crippen molar-refractivity contribution in [1.29, 1.82) is 0 Å². The van der Waals surface area contributed by atoms with Crippen molar-refractivity contribution in [2.24, 2.45) is 11.8 Å². The number of carbonyl (C=O) groups excluding carboxylic acids is 1. The Morgan fingerprint density at radius 2 is 1.72 bits per heavy atom. The number of rotatable bonds is 9. The van der Waals surface area contributed by atoms with Gasteiger partial charge in [0.05, 0.1) is 0 Å². The molecule has 0 saturated heterocycles. The van der Waals surface area contributed by atoms with E-state index in [0.29, 0.717) is 24.8 Å². The van der Waals surface area contributed by atoms with E-state index in [1.54, 1.807) is 0 Å². The monoisotopic (exact) mass is 433 g/mol. The molecule has 0 bridgehead atoms. The lowest BCUT2D eigenvalue weighted by Crippen LogP contribution is -2.46. The molecule has 2 aromatic carbocycles. The molecule has 32 heavy (non-hydrogen) atoms. The van der Waals surface area contributed by atoms with Gasteiger partial charge in [0.25, 0.3) is 0 Å². The van der Waals surface area contributed by atoms with Crippen LogP contribution in [0.3, 0.4) is 0 Å². The predicted octanol–water partition coefficient (Wildman–Crippen LogP) is 6.44. The molecule has 3 nitrogen and oxygen atoms in total. The summed E-state index contributed by atoms with van der Waals surface area (Å²) in [5, 5.41) is 3.42. The van der Waals surface area contributed by atoms with E-state index in [1.807, 2.05) is 25.1 Å². The van der Waals surface area contributed by atoms with Gasteiger partial charge in [-0.2, -0.15) is 0 Å². The van der Waals surface area contributed by atoms with Crippen molar-refractivity contribution in [3.8, 4) is 0 Å². The Morgan fingerprint density at radius 3 is 2.34 bits per heavy atom. The second-order valence-corrected chi connectivity index (χ2v) is 10.2. The third-order valence-electron chi connectivity index (χ3n) is 7.00. The molecule has 3 heteroatoms. The second kappa shape index (κ2) is 11.0. The topological polar surface area (TPSA) is 38.3 Å². The molecule has 0 heterocycles. The summed E-state index contributed by atoms with van der Waals surface area (Å²) in [6, 6.07) is 20.4. The minimum absolute atomic E-state index is 0.0618. The van der Waals surface area contributed by atoms with Crippen molar-refractivity contribution in [2.45, 2.75) is 77.5 Å². The van der Waals surface area contributed by atoms with Gasteiger partial charge in [-0.25, -0.2) is 0 Å². The first kappa shape index (κ1) is 24.3. The molecule has 0 radical (unpaired) electrons. The summed E-state index contributed by atoms with van der Waals surface area (Å²) in [5.74, 6) is 0.703. The minimum Gasteiger partial charge on any atom is -0.461 e. The van der Waals surface area contributed by atoms with Gasteiger partial charge in [-0.05, 0) is 48.6 Å². The third-order valence-corrected chi connectivity index (χ3v) is 7.00. The number of benzene rings is 2. The predicted molar refractivity (Wildman–Crippen MR) is 132 cm³/mol. The maximum absolute atomic E-state index is 13.4. The van der Waals surface area contributed by atoms with Gasteiger partial charge in [-0.3, -0.25) is 4.79 Å². The Labute approximate surface area is 194 Å². The second-order valence-electron chi connectivity index (χ2n) is 10.2. The van der Waals surface area contributed by atoms with E-state index in [-0.39, 0.29) is 23.5 Å². The Hall–Kier alpha value is -2.39. The van der Waals surface area contributed by atoms with Crippen LogP contribution in [0.5, 0.6) is 0 Å². The fourth-order valence-electron chi connectivity index (χ4n) is 5.02. The summed E-state index contributed by atoms with van der Waals surface area (Å²) in [5.41, 5.74) is 3.38. The SMILES string of the molecule is C=C(C)C[C@@H](NCc1ccccc1)C(=O)O[C@@H]1C[C@H](C)CC[C@H]1C(C)(C)c1ccccc1. The number of carbonyl (C=O) groups is 1. The zero-order valence-electron chi connectivity index (χ0n) is 20.1. The van der Waals surface area contributed by atoms with E-state index in [9.17, 15) is 4.79 Å². The highest BCUT2D eigenvalue weighted by Crippen LogP contribution is 2.43. The van der Waals surface area contributed by atoms with E-state index >= 15 is 0 Å². The first-order valence-corrected chi connectivity index (χ1v) is 11.9. The van der Waals surface area contributed by atoms with E-state index < -0.39 is 0 Å². The molecular weight excluding hydrogens is 394 g/mol. The molecule has 1 aliphatic carbocycles. The summed E-state index contributed by atoms with van der Waals surface area (Å²) in [6.07, 6.45) is 3.68. The van der Waals surface area contributed by atoms with Gasteiger partial charge in [0.2, 0.25) is 0 Å². The summed E-state index contributed by atoms with van der Waals surface area (Å²) in [6.45, 7) is 13.5. The molecule has 1 N–H and O–H groups in total. The maximum atomic E-state index is 13.4. The number of nitrogens with one attached hydrogen (secondary N) is 1. The van der Waals surface area contributed by atoms with E-state index in [4.69, 9.17) is 4.74 Å². The van der Waals surface area contributed by atoms with Crippen molar-refractivity contribution in [2.75, 3.05) is 0 Å². The van der Waals surface area contributed by atoms with Crippen molar-refractivity contribution >= 4 is 5.97 Å². The molecule has 0 spiro atoms. The van der Waals surface area contributed by atoms with Crippen LogP contribution in [0.15, 0.2) is 72.8 Å². The first-order chi connectivity index (χ1) is 15.3. The van der Waals surface area contributed by atoms with Crippen LogP contribution in [-0.2, 0) is 21.5 Å². The van der Waals surface area contributed by atoms with Crippen LogP contribution in [-0.4, -0.2) is 18.1 Å². The Balaban J connectivity index is 1.74. The van der Waals surface area contributed by atoms with Gasteiger partial charge in [0.1, 0.15) is 12.1 Å². The van der Waals surface area contributed by atoms with Gasteiger partial charge in [-0.1, -0.05) is 93.4 Å². The van der Waals surface area contributed by atoms with Gasteiger partial charge in [0, 0.05) is 12.5 Å². The molecule has 0 amide bonds. The quantitative estimate of drug-likeness (QED) is 0.365. The summed E-state index contributed by atoms with van der Waals surface area (Å²) < 4.78 is 6.29. The molecule has 1 saturated carbocycles. The molecule has 0 aromatic heterocycles. The number of hydrogen-bond acceptors (Lipinski definition) is 3. The summed E-state index contributed by atoms with van der Waals surface area (Å²) >= 11 is 0. The van der Waals surface area contributed by atoms with E-state index in [0.717, 1.165) is 24.0 Å². The van der Waals surface area contributed by atoms with E-state index in [1.165, 1.54) is 12.0 Å². The summed E-state index contributed by atoms with van der Waals surface area (Å²) in [7, 11) is 0. The summed E-state index contributed by atoms with van der Waals surface area (Å²) in [4.78, 5) is 13.4. The fraction of sp³-hybridized carbons (Fsp3) is 0.483. The highest BCUT2D eigenvalue weighted by Gasteiger charge is 2.42. The fourth-order valence-corrected chi connectivity index (χ4v) is 5.02. The smallest absolute Gasteiger partial charge is 0.323 e. The highest BCUT2D eigenvalue weighted by atomic mass is 16.5. The van der Waals surface area contributed by atoms with Crippen LogP contribution in [0.2, 0.25) is 0 Å². The van der Waals surface area contributed by atoms with Gasteiger partial charge in [0.15, 0.2) is 0 Å². The Morgan fingerprint density at radius 1 is 1.09 bits per heavy atom. The van der Waals surface area contributed by atoms with E-state index in [2.05, 4.69) is 75.1 Å². The lowest BCUT2D eigenvalue weighted by atomic mass is 9.64. The Bertz CT molecular complexity index is 875. The molecule has 172 valence electrons. The van der Waals surface area contributed by atoms with Crippen LogP contribution >= 0.6 is 0 Å². The molecule has 4 atom stereocenters. The number of esters is 1. The lowest BCUT2D eigenvalue weighted by molar-refractivity contribution is -0.159. The third kappa shape index (κ3) is 6.32. The normalized spacial score (nSPS) is 22.2. The molecule has 0 unspecified atom stereocenters. The van der Waals surface area contributed by atoms with Crippen molar-refractivity contribution in [1.82, 2.24) is 5.32 Å². The molecule has 1 aliphatic rings. The average molecular weight is 434 g/mol. The molecule has 1 fully saturated rings. The standard InChI is InChI=1S/C29H39NO2/c1-21(2)18-26(30-20-23-12-8-6-9-13-23)28(31)32-27-19-22(3)16-17-25(27)29(4,5)24-14-10-7-11-15-24/h6-15,22,25-27,30H,1,16-20H2,2-5H3/t22-,25-,26-,27-/m1/s1.